The lowest BCUT2D eigenvalue weighted by Crippen LogP contribution is -2.32. The topological polar surface area (TPSA) is 33.7 Å². The van der Waals surface area contributed by atoms with Crippen LogP contribution in [0.1, 0.15) is 24.8 Å². The Morgan fingerprint density at radius 2 is 1.76 bits per heavy atom. The smallest absolute Gasteiger partial charge is 0.119 e. The molecule has 2 rings (SSSR count). The third-order valence-electron chi connectivity index (χ3n) is 3.80. The Labute approximate surface area is 128 Å². The van der Waals surface area contributed by atoms with Gasteiger partial charge in [-0.05, 0) is 50.7 Å². The van der Waals surface area contributed by atoms with E-state index in [1.54, 1.807) is 0 Å². The first-order chi connectivity index (χ1) is 10.4. The van der Waals surface area contributed by atoms with E-state index >= 15 is 0 Å². The van der Waals surface area contributed by atoms with Crippen molar-refractivity contribution in [1.82, 2.24) is 10.2 Å². The van der Waals surface area contributed by atoms with Crippen LogP contribution in [0.15, 0.2) is 24.3 Å². The van der Waals surface area contributed by atoms with Crippen molar-refractivity contribution in [3.05, 3.63) is 29.8 Å². The van der Waals surface area contributed by atoms with Gasteiger partial charge in [0.15, 0.2) is 0 Å². The van der Waals surface area contributed by atoms with Crippen molar-refractivity contribution in [2.45, 2.75) is 25.8 Å². The summed E-state index contributed by atoms with van der Waals surface area (Å²) in [5.74, 6) is 0.912. The first kappa shape index (κ1) is 16.3. The molecule has 0 atom stereocenters. The van der Waals surface area contributed by atoms with Crippen LogP contribution in [-0.2, 0) is 11.3 Å². The lowest BCUT2D eigenvalue weighted by molar-refractivity contribution is 0.0750. The average Bonchev–Trinajstić information content (AvgIpc) is 2.53. The molecule has 1 N–H and O–H groups in total. The molecule has 0 saturated carbocycles. The van der Waals surface area contributed by atoms with Gasteiger partial charge in [-0.1, -0.05) is 18.6 Å². The van der Waals surface area contributed by atoms with Crippen molar-refractivity contribution in [3.8, 4) is 5.75 Å². The van der Waals surface area contributed by atoms with Crippen molar-refractivity contribution in [1.29, 1.82) is 0 Å². The molecule has 1 aliphatic rings. The highest BCUT2D eigenvalue weighted by molar-refractivity contribution is 5.27. The maximum atomic E-state index is 5.67. The third-order valence-corrected chi connectivity index (χ3v) is 3.80. The number of piperidine rings is 1. The van der Waals surface area contributed by atoms with Gasteiger partial charge >= 0.3 is 0 Å². The lowest BCUT2D eigenvalue weighted by Gasteiger charge is -2.26. The monoisotopic (exact) mass is 292 g/mol. The van der Waals surface area contributed by atoms with Gasteiger partial charge in [-0.15, -0.1) is 0 Å². The van der Waals surface area contributed by atoms with Crippen molar-refractivity contribution in [2.24, 2.45) is 0 Å². The van der Waals surface area contributed by atoms with E-state index in [0.29, 0.717) is 13.2 Å². The van der Waals surface area contributed by atoms with Crippen LogP contribution in [0.3, 0.4) is 0 Å². The number of likely N-dealkylation sites (tertiary alicyclic amines) is 1. The Morgan fingerprint density at radius 1 is 1.00 bits per heavy atom. The molecule has 1 aliphatic heterocycles. The minimum atomic E-state index is 0.616. The second-order valence-corrected chi connectivity index (χ2v) is 5.54. The summed E-state index contributed by atoms with van der Waals surface area (Å²) in [6, 6.07) is 8.20. The number of ether oxygens (including phenoxy) is 2. The molecule has 118 valence electrons. The van der Waals surface area contributed by atoms with Crippen LogP contribution < -0.4 is 10.1 Å². The summed E-state index contributed by atoms with van der Waals surface area (Å²) in [6.45, 7) is 6.50. The second-order valence-electron chi connectivity index (χ2n) is 5.54. The van der Waals surface area contributed by atoms with Gasteiger partial charge in [-0.25, -0.2) is 0 Å². The highest BCUT2D eigenvalue weighted by Gasteiger charge is 2.08. The van der Waals surface area contributed by atoms with Gasteiger partial charge in [0.05, 0.1) is 13.2 Å². The number of hydrogen-bond acceptors (Lipinski definition) is 4. The van der Waals surface area contributed by atoms with Crippen molar-refractivity contribution < 1.29 is 9.47 Å². The van der Waals surface area contributed by atoms with Crippen molar-refractivity contribution in [3.63, 3.8) is 0 Å². The molecule has 1 saturated heterocycles. The molecule has 21 heavy (non-hydrogen) atoms. The molecule has 0 aromatic heterocycles. The lowest BCUT2D eigenvalue weighted by atomic mass is 10.1. The van der Waals surface area contributed by atoms with Crippen LogP contribution in [0.5, 0.6) is 5.75 Å². The summed E-state index contributed by atoms with van der Waals surface area (Å²) in [5, 5.41) is 3.13. The fourth-order valence-corrected chi connectivity index (χ4v) is 2.60. The molecule has 1 aromatic rings. The minimum Gasteiger partial charge on any atom is -0.491 e. The van der Waals surface area contributed by atoms with E-state index in [1.165, 1.54) is 37.9 Å². The van der Waals surface area contributed by atoms with E-state index < -0.39 is 0 Å². The van der Waals surface area contributed by atoms with Crippen LogP contribution >= 0.6 is 0 Å². The Balaban J connectivity index is 1.51. The molecule has 1 aromatic carbocycles. The predicted octanol–water partition coefficient (Wildman–Crippen LogP) is 2.29. The molecule has 1 heterocycles. The standard InChI is InChI=1S/C17H28N2O2/c1-18-15-16-5-7-17(8-6-16)21-14-13-20-12-11-19-9-3-2-4-10-19/h5-8,18H,2-4,9-15H2,1H3. The Kier molecular flexibility index (Phi) is 7.57. The van der Waals surface area contributed by atoms with Gasteiger partial charge in [-0.2, -0.15) is 0 Å². The molecule has 4 heteroatoms. The average molecular weight is 292 g/mol. The number of nitrogens with one attached hydrogen (secondary N) is 1. The third kappa shape index (κ3) is 6.46. The highest BCUT2D eigenvalue weighted by Crippen LogP contribution is 2.12. The Morgan fingerprint density at radius 3 is 2.48 bits per heavy atom. The van der Waals surface area contributed by atoms with E-state index in [0.717, 1.165) is 25.4 Å². The summed E-state index contributed by atoms with van der Waals surface area (Å²) in [7, 11) is 1.95. The summed E-state index contributed by atoms with van der Waals surface area (Å²) < 4.78 is 11.3. The van der Waals surface area contributed by atoms with Gasteiger partial charge in [0.25, 0.3) is 0 Å². The molecule has 4 nitrogen and oxygen atoms in total. The van der Waals surface area contributed by atoms with E-state index in [2.05, 4.69) is 22.3 Å². The summed E-state index contributed by atoms with van der Waals surface area (Å²) in [4.78, 5) is 2.49. The maximum absolute atomic E-state index is 5.67. The van der Waals surface area contributed by atoms with E-state index in [1.807, 2.05) is 19.2 Å². The number of hydrogen-bond donors (Lipinski definition) is 1. The zero-order chi connectivity index (χ0) is 14.8. The van der Waals surface area contributed by atoms with Gasteiger partial charge in [0, 0.05) is 13.1 Å². The second kappa shape index (κ2) is 9.77. The summed E-state index contributed by atoms with van der Waals surface area (Å²) in [6.07, 6.45) is 4.07. The van der Waals surface area contributed by atoms with Gasteiger partial charge in [0.1, 0.15) is 12.4 Å². The highest BCUT2D eigenvalue weighted by atomic mass is 16.5. The zero-order valence-electron chi connectivity index (χ0n) is 13.1. The van der Waals surface area contributed by atoms with Crippen LogP contribution in [0.2, 0.25) is 0 Å². The maximum Gasteiger partial charge on any atom is 0.119 e. The first-order valence-corrected chi connectivity index (χ1v) is 8.05. The number of nitrogens with zero attached hydrogens (tertiary/aromatic N) is 1. The Bertz CT molecular complexity index is 375. The number of benzene rings is 1. The predicted molar refractivity (Wildman–Crippen MR) is 85.8 cm³/mol. The van der Waals surface area contributed by atoms with Gasteiger partial charge < -0.3 is 19.7 Å². The van der Waals surface area contributed by atoms with E-state index in [4.69, 9.17) is 9.47 Å². The fourth-order valence-electron chi connectivity index (χ4n) is 2.60. The first-order valence-electron chi connectivity index (χ1n) is 8.05. The van der Waals surface area contributed by atoms with Gasteiger partial charge in [0.2, 0.25) is 0 Å². The van der Waals surface area contributed by atoms with Crippen molar-refractivity contribution in [2.75, 3.05) is 46.5 Å². The molecular weight excluding hydrogens is 264 g/mol. The molecule has 0 spiro atoms. The Hall–Kier alpha value is -1.10. The van der Waals surface area contributed by atoms with E-state index in [-0.39, 0.29) is 0 Å². The summed E-state index contributed by atoms with van der Waals surface area (Å²) in [5.41, 5.74) is 1.27. The van der Waals surface area contributed by atoms with Crippen molar-refractivity contribution >= 4 is 0 Å². The van der Waals surface area contributed by atoms with Crippen LogP contribution in [-0.4, -0.2) is 51.4 Å². The molecule has 1 fully saturated rings. The SMILES string of the molecule is CNCc1ccc(OCCOCCN2CCCCC2)cc1. The van der Waals surface area contributed by atoms with Crippen LogP contribution in [0.4, 0.5) is 0 Å². The zero-order valence-corrected chi connectivity index (χ0v) is 13.1. The normalized spacial score (nSPS) is 16.0. The molecule has 0 amide bonds. The largest absolute Gasteiger partial charge is 0.491 e. The minimum absolute atomic E-state index is 0.616. The van der Waals surface area contributed by atoms with Crippen LogP contribution in [0, 0.1) is 0 Å². The fraction of sp³-hybridized carbons (Fsp3) is 0.647. The molecule has 0 bridgehead atoms. The molecule has 0 unspecified atom stereocenters. The van der Waals surface area contributed by atoms with E-state index in [9.17, 15) is 0 Å². The molecule has 0 radical (unpaired) electrons. The molecular formula is C17H28N2O2. The van der Waals surface area contributed by atoms with Crippen LogP contribution in [0.25, 0.3) is 0 Å². The van der Waals surface area contributed by atoms with Gasteiger partial charge in [-0.3, -0.25) is 0 Å². The molecule has 0 aliphatic carbocycles. The quantitative estimate of drug-likeness (QED) is 0.708. The number of rotatable bonds is 9. The summed E-state index contributed by atoms with van der Waals surface area (Å²) >= 11 is 0.